The van der Waals surface area contributed by atoms with Crippen molar-refractivity contribution >= 4 is 16.9 Å². The van der Waals surface area contributed by atoms with Gasteiger partial charge in [0.25, 0.3) is 0 Å². The number of benzene rings is 1. The summed E-state index contributed by atoms with van der Waals surface area (Å²) in [5.41, 5.74) is 7.95. The van der Waals surface area contributed by atoms with Gasteiger partial charge in [-0.15, -0.1) is 0 Å². The average molecular weight is 246 g/mol. The molecule has 2 aromatic rings. The van der Waals surface area contributed by atoms with Crippen LogP contribution in [0.3, 0.4) is 0 Å². The van der Waals surface area contributed by atoms with Crippen LogP contribution in [0.15, 0.2) is 30.5 Å². The first-order valence-corrected chi connectivity index (χ1v) is 6.09. The normalized spacial score (nSPS) is 12.9. The van der Waals surface area contributed by atoms with Gasteiger partial charge in [0, 0.05) is 23.5 Å². The highest BCUT2D eigenvalue weighted by Gasteiger charge is 2.18. The summed E-state index contributed by atoms with van der Waals surface area (Å²) < 4.78 is 5.10. The standard InChI is InChI=1S/C14H18N2O2/c1-9(2)18-14(17)12(15)7-10-8-16-13-6-4-3-5-11(10)13/h3-6,8-9,12,16H,7,15H2,1-2H3/t12-/m1/s1. The molecule has 0 bridgehead atoms. The maximum atomic E-state index is 11.7. The SMILES string of the molecule is CC(C)OC(=O)[C@H](N)Cc1c[nH]c2ccccc12. The first-order chi connectivity index (χ1) is 8.58. The van der Waals surface area contributed by atoms with Crippen LogP contribution >= 0.6 is 0 Å². The second kappa shape index (κ2) is 5.23. The van der Waals surface area contributed by atoms with Gasteiger partial charge in [0.2, 0.25) is 0 Å². The third-order valence-electron chi connectivity index (χ3n) is 2.77. The molecule has 0 aliphatic rings. The Morgan fingerprint density at radius 1 is 1.39 bits per heavy atom. The summed E-state index contributed by atoms with van der Waals surface area (Å²) >= 11 is 0. The van der Waals surface area contributed by atoms with Crippen LogP contribution < -0.4 is 5.73 Å². The van der Waals surface area contributed by atoms with Gasteiger partial charge in [-0.1, -0.05) is 18.2 Å². The number of para-hydroxylation sites is 1. The van der Waals surface area contributed by atoms with Gasteiger partial charge < -0.3 is 15.5 Å². The lowest BCUT2D eigenvalue weighted by Crippen LogP contribution is -2.35. The molecule has 1 heterocycles. The number of H-pyrrole nitrogens is 1. The molecule has 0 unspecified atom stereocenters. The summed E-state index contributed by atoms with van der Waals surface area (Å²) in [5.74, 6) is -0.352. The predicted molar refractivity (Wildman–Crippen MR) is 71.2 cm³/mol. The molecule has 0 aliphatic carbocycles. The van der Waals surface area contributed by atoms with E-state index in [2.05, 4.69) is 4.98 Å². The van der Waals surface area contributed by atoms with E-state index in [4.69, 9.17) is 10.5 Å². The van der Waals surface area contributed by atoms with E-state index < -0.39 is 6.04 Å². The van der Waals surface area contributed by atoms with E-state index in [9.17, 15) is 4.79 Å². The Hall–Kier alpha value is -1.81. The van der Waals surface area contributed by atoms with Crippen molar-refractivity contribution in [3.63, 3.8) is 0 Å². The van der Waals surface area contributed by atoms with Gasteiger partial charge in [0.1, 0.15) is 6.04 Å². The van der Waals surface area contributed by atoms with Crippen LogP contribution in [0.2, 0.25) is 0 Å². The molecule has 0 fully saturated rings. The van der Waals surface area contributed by atoms with Crippen molar-refractivity contribution in [2.75, 3.05) is 0 Å². The summed E-state index contributed by atoms with van der Waals surface area (Å²) in [4.78, 5) is 14.8. The molecule has 18 heavy (non-hydrogen) atoms. The first kappa shape index (κ1) is 12.6. The van der Waals surface area contributed by atoms with E-state index in [0.29, 0.717) is 6.42 Å². The van der Waals surface area contributed by atoms with E-state index in [-0.39, 0.29) is 12.1 Å². The van der Waals surface area contributed by atoms with Crippen molar-refractivity contribution < 1.29 is 9.53 Å². The number of nitrogens with one attached hydrogen (secondary N) is 1. The van der Waals surface area contributed by atoms with E-state index in [1.165, 1.54) is 0 Å². The zero-order chi connectivity index (χ0) is 13.1. The van der Waals surface area contributed by atoms with Gasteiger partial charge in [0.15, 0.2) is 0 Å². The molecule has 0 saturated heterocycles. The Kier molecular flexibility index (Phi) is 3.67. The average Bonchev–Trinajstić information content (AvgIpc) is 2.72. The molecule has 1 aromatic heterocycles. The highest BCUT2D eigenvalue weighted by atomic mass is 16.5. The number of nitrogens with two attached hydrogens (primary N) is 1. The number of fused-ring (bicyclic) bond motifs is 1. The largest absolute Gasteiger partial charge is 0.462 e. The lowest BCUT2D eigenvalue weighted by molar-refractivity contribution is -0.148. The minimum atomic E-state index is -0.619. The molecule has 0 saturated carbocycles. The highest BCUT2D eigenvalue weighted by molar-refractivity contribution is 5.84. The molecular weight excluding hydrogens is 228 g/mol. The Morgan fingerprint density at radius 2 is 2.11 bits per heavy atom. The zero-order valence-corrected chi connectivity index (χ0v) is 10.6. The number of hydrogen-bond donors (Lipinski definition) is 2. The molecule has 0 radical (unpaired) electrons. The number of carbonyl (C=O) groups excluding carboxylic acids is 1. The van der Waals surface area contributed by atoms with Crippen molar-refractivity contribution in [2.24, 2.45) is 5.73 Å². The van der Waals surface area contributed by atoms with Crippen LogP contribution in [0.25, 0.3) is 10.9 Å². The van der Waals surface area contributed by atoms with Crippen molar-refractivity contribution in [3.8, 4) is 0 Å². The Bertz CT molecular complexity index is 545. The third-order valence-corrected chi connectivity index (χ3v) is 2.77. The van der Waals surface area contributed by atoms with E-state index in [1.54, 1.807) is 0 Å². The van der Waals surface area contributed by atoms with Crippen LogP contribution in [0.5, 0.6) is 0 Å². The van der Waals surface area contributed by atoms with Crippen molar-refractivity contribution in [1.82, 2.24) is 4.98 Å². The number of aromatic nitrogens is 1. The number of carbonyl (C=O) groups is 1. The van der Waals surface area contributed by atoms with Gasteiger partial charge in [-0.05, 0) is 25.5 Å². The molecule has 0 spiro atoms. The monoisotopic (exact) mass is 246 g/mol. The molecule has 4 heteroatoms. The van der Waals surface area contributed by atoms with Crippen LogP contribution in [-0.4, -0.2) is 23.1 Å². The fourth-order valence-electron chi connectivity index (χ4n) is 1.94. The third kappa shape index (κ3) is 2.71. The van der Waals surface area contributed by atoms with E-state index >= 15 is 0 Å². The van der Waals surface area contributed by atoms with Crippen LogP contribution in [-0.2, 0) is 16.0 Å². The fourth-order valence-corrected chi connectivity index (χ4v) is 1.94. The van der Waals surface area contributed by atoms with Crippen LogP contribution in [0, 0.1) is 0 Å². The number of rotatable bonds is 4. The summed E-state index contributed by atoms with van der Waals surface area (Å²) in [5, 5.41) is 1.10. The van der Waals surface area contributed by atoms with Crippen molar-refractivity contribution in [1.29, 1.82) is 0 Å². The summed E-state index contributed by atoms with van der Waals surface area (Å²) in [6, 6.07) is 7.33. The molecule has 3 N–H and O–H groups in total. The molecule has 96 valence electrons. The van der Waals surface area contributed by atoms with Crippen molar-refractivity contribution in [3.05, 3.63) is 36.0 Å². The Balaban J connectivity index is 2.11. The lowest BCUT2D eigenvalue weighted by atomic mass is 10.1. The first-order valence-electron chi connectivity index (χ1n) is 6.09. The second-order valence-corrected chi connectivity index (χ2v) is 4.66. The minimum Gasteiger partial charge on any atom is -0.462 e. The quantitative estimate of drug-likeness (QED) is 0.811. The van der Waals surface area contributed by atoms with Gasteiger partial charge in [0.05, 0.1) is 6.10 Å². The van der Waals surface area contributed by atoms with Gasteiger partial charge in [-0.2, -0.15) is 0 Å². The van der Waals surface area contributed by atoms with Gasteiger partial charge in [-0.3, -0.25) is 4.79 Å². The smallest absolute Gasteiger partial charge is 0.323 e. The number of hydrogen-bond acceptors (Lipinski definition) is 3. The minimum absolute atomic E-state index is 0.133. The molecule has 0 aliphatic heterocycles. The van der Waals surface area contributed by atoms with Crippen LogP contribution in [0.1, 0.15) is 19.4 Å². The molecular formula is C14H18N2O2. The fraction of sp³-hybridized carbons (Fsp3) is 0.357. The molecule has 4 nitrogen and oxygen atoms in total. The molecule has 1 atom stereocenters. The summed E-state index contributed by atoms with van der Waals surface area (Å²) in [7, 11) is 0. The van der Waals surface area contributed by atoms with Gasteiger partial charge in [-0.25, -0.2) is 0 Å². The van der Waals surface area contributed by atoms with Crippen molar-refractivity contribution in [2.45, 2.75) is 32.4 Å². The lowest BCUT2D eigenvalue weighted by Gasteiger charge is -2.13. The number of esters is 1. The number of aromatic amines is 1. The predicted octanol–water partition coefficient (Wildman–Crippen LogP) is 1.99. The van der Waals surface area contributed by atoms with E-state index in [1.807, 2.05) is 44.3 Å². The highest BCUT2D eigenvalue weighted by Crippen LogP contribution is 2.18. The number of ether oxygens (including phenoxy) is 1. The Labute approximate surface area is 106 Å². The topological polar surface area (TPSA) is 68.1 Å². The zero-order valence-electron chi connectivity index (χ0n) is 10.6. The summed E-state index contributed by atoms with van der Waals surface area (Å²) in [6.07, 6.45) is 2.24. The molecule has 0 amide bonds. The van der Waals surface area contributed by atoms with E-state index in [0.717, 1.165) is 16.5 Å². The van der Waals surface area contributed by atoms with Gasteiger partial charge >= 0.3 is 5.97 Å². The van der Waals surface area contributed by atoms with Crippen LogP contribution in [0.4, 0.5) is 0 Å². The summed E-state index contributed by atoms with van der Waals surface area (Å²) in [6.45, 7) is 3.63. The molecule has 1 aromatic carbocycles. The maximum Gasteiger partial charge on any atom is 0.323 e. The maximum absolute atomic E-state index is 11.7. The second-order valence-electron chi connectivity index (χ2n) is 4.66. The Morgan fingerprint density at radius 3 is 2.83 bits per heavy atom. The molecule has 2 rings (SSSR count).